The van der Waals surface area contributed by atoms with Crippen molar-refractivity contribution in [2.45, 2.75) is 6.18 Å². The van der Waals surface area contributed by atoms with Gasteiger partial charge in [0.25, 0.3) is 0 Å². The van der Waals surface area contributed by atoms with E-state index in [-0.39, 0.29) is 5.69 Å². The van der Waals surface area contributed by atoms with Crippen LogP contribution in [0.3, 0.4) is 0 Å². The highest BCUT2D eigenvalue weighted by Gasteiger charge is 2.35. The van der Waals surface area contributed by atoms with Gasteiger partial charge < -0.3 is 9.80 Å². The van der Waals surface area contributed by atoms with Gasteiger partial charge in [0.15, 0.2) is 0 Å². The van der Waals surface area contributed by atoms with Crippen LogP contribution in [-0.4, -0.2) is 37.0 Å². The molecular weight excluding hydrogens is 468 g/mol. The zero-order valence-corrected chi connectivity index (χ0v) is 18.6. The summed E-state index contributed by atoms with van der Waals surface area (Å²) in [5, 5.41) is 0.642. The van der Waals surface area contributed by atoms with E-state index in [9.17, 15) is 17.6 Å². The summed E-state index contributed by atoms with van der Waals surface area (Å²) >= 11 is 6.12. The Morgan fingerprint density at radius 3 is 2.32 bits per heavy atom. The fourth-order valence-electron chi connectivity index (χ4n) is 4.07. The Morgan fingerprint density at radius 1 is 0.853 bits per heavy atom. The summed E-state index contributed by atoms with van der Waals surface area (Å²) in [7, 11) is 0. The van der Waals surface area contributed by atoms with Crippen LogP contribution in [0.1, 0.15) is 11.1 Å². The van der Waals surface area contributed by atoms with E-state index < -0.39 is 17.6 Å². The molecule has 1 fully saturated rings. The third kappa shape index (κ3) is 4.42. The molecule has 0 saturated carbocycles. The minimum absolute atomic E-state index is 0.250. The quantitative estimate of drug-likeness (QED) is 0.402. The summed E-state index contributed by atoms with van der Waals surface area (Å²) in [6.07, 6.45) is -4.60. The number of aliphatic imine (C=N–C) groups is 1. The van der Waals surface area contributed by atoms with Gasteiger partial charge >= 0.3 is 6.18 Å². The van der Waals surface area contributed by atoms with Crippen LogP contribution in [0.15, 0.2) is 71.7 Å². The highest BCUT2D eigenvalue weighted by molar-refractivity contribution is 6.30. The highest BCUT2D eigenvalue weighted by Crippen LogP contribution is 2.37. The molecule has 2 aliphatic heterocycles. The molecule has 2 aliphatic rings. The van der Waals surface area contributed by atoms with Crippen LogP contribution in [0.4, 0.5) is 34.6 Å². The lowest BCUT2D eigenvalue weighted by Crippen LogP contribution is -2.54. The van der Waals surface area contributed by atoms with E-state index in [4.69, 9.17) is 16.6 Å². The monoisotopic (exact) mass is 486 g/mol. The molecule has 2 radical (unpaired) electrons. The number of rotatable bonds is 2. The molecule has 5 rings (SSSR count). The molecule has 0 amide bonds. The lowest BCUT2D eigenvalue weighted by Gasteiger charge is -2.42. The Kier molecular flexibility index (Phi) is 5.85. The fraction of sp³-hybridized carbons (Fsp3) is 0.200. The number of nitrogens with zero attached hydrogens (tertiary/aromatic N) is 4. The van der Waals surface area contributed by atoms with Gasteiger partial charge in [0.1, 0.15) is 12.4 Å². The summed E-state index contributed by atoms with van der Waals surface area (Å²) < 4.78 is 55.0. The summed E-state index contributed by atoms with van der Waals surface area (Å²) in [6.45, 7) is 5.40. The number of benzene rings is 3. The molecule has 34 heavy (non-hydrogen) atoms. The second kappa shape index (κ2) is 8.83. The normalized spacial score (nSPS) is 16.4. The van der Waals surface area contributed by atoms with Gasteiger partial charge in [-0.25, -0.2) is 9.38 Å². The number of fused-ring (bicyclic) bond motifs is 1. The van der Waals surface area contributed by atoms with Gasteiger partial charge in [-0.2, -0.15) is 13.2 Å². The Balaban J connectivity index is 1.47. The van der Waals surface area contributed by atoms with E-state index in [1.54, 1.807) is 18.2 Å². The van der Waals surface area contributed by atoms with E-state index in [0.717, 1.165) is 23.9 Å². The maximum Gasteiger partial charge on any atom is 0.416 e. The summed E-state index contributed by atoms with van der Waals surface area (Å²) in [6, 6.07) is 17.0. The fourth-order valence-corrected chi connectivity index (χ4v) is 4.26. The van der Waals surface area contributed by atoms with Crippen molar-refractivity contribution in [3.8, 4) is 0 Å². The smallest absolute Gasteiger partial charge is 0.368 e. The molecule has 3 aromatic rings. The Labute approximate surface area is 199 Å². The van der Waals surface area contributed by atoms with Crippen molar-refractivity contribution in [3.05, 3.63) is 95.2 Å². The van der Waals surface area contributed by atoms with E-state index in [1.165, 1.54) is 4.90 Å². The average molecular weight is 487 g/mol. The Morgan fingerprint density at radius 2 is 1.59 bits per heavy atom. The molecule has 0 aromatic heterocycles. The maximum absolute atomic E-state index is 14.8. The molecule has 9 heteroatoms. The number of alkyl halides is 3. The molecule has 0 aliphatic carbocycles. The van der Waals surface area contributed by atoms with Crippen molar-refractivity contribution >= 4 is 34.6 Å². The van der Waals surface area contributed by atoms with Crippen molar-refractivity contribution < 1.29 is 17.6 Å². The third-order valence-electron chi connectivity index (χ3n) is 5.81. The van der Waals surface area contributed by atoms with Crippen LogP contribution in [0, 0.1) is 12.4 Å². The first-order chi connectivity index (χ1) is 16.3. The van der Waals surface area contributed by atoms with Gasteiger partial charge in [-0.3, -0.25) is 4.90 Å². The van der Waals surface area contributed by atoms with E-state index in [2.05, 4.69) is 11.4 Å². The number of hydrogen-bond donors (Lipinski definition) is 0. The summed E-state index contributed by atoms with van der Waals surface area (Å²) in [5.41, 5.74) is 0.996. The zero-order chi connectivity index (χ0) is 23.9. The topological polar surface area (TPSA) is 22.1 Å². The first-order valence-electron chi connectivity index (χ1n) is 10.7. The predicted octanol–water partition coefficient (Wildman–Crippen LogP) is 6.21. The van der Waals surface area contributed by atoms with Gasteiger partial charge in [-0.15, -0.1) is 0 Å². The molecule has 1 saturated heterocycles. The molecule has 0 atom stereocenters. The van der Waals surface area contributed by atoms with Crippen molar-refractivity contribution in [3.63, 3.8) is 0 Å². The van der Waals surface area contributed by atoms with Crippen molar-refractivity contribution in [1.29, 1.82) is 0 Å². The molecule has 3 aromatic carbocycles. The Hall–Kier alpha value is -3.26. The van der Waals surface area contributed by atoms with Crippen molar-refractivity contribution in [2.75, 3.05) is 36.0 Å². The molecule has 0 spiro atoms. The van der Waals surface area contributed by atoms with E-state index >= 15 is 0 Å². The van der Waals surface area contributed by atoms with Crippen LogP contribution in [0.25, 0.3) is 0 Å². The van der Waals surface area contributed by atoms with E-state index in [0.29, 0.717) is 48.4 Å². The van der Waals surface area contributed by atoms with E-state index in [1.807, 2.05) is 35.2 Å². The number of piperazine rings is 1. The molecular formula is C25H19ClF4N4. The standard InChI is InChI=1S/C25H19ClF4N4/c26-19-5-3-6-20(15-19)32-10-12-33(13-11-32)24-31-22-7-2-1-4-17(22)16-34(24)23-14-18(25(28,29)30)8-9-21(23)27/h1-9,14-15H,10-13H2. The predicted molar refractivity (Wildman–Crippen MR) is 125 cm³/mol. The Bertz CT molecular complexity index is 1240. The van der Waals surface area contributed by atoms with Crippen LogP contribution in [0.2, 0.25) is 5.02 Å². The maximum atomic E-state index is 14.8. The molecule has 0 N–H and O–H groups in total. The summed E-state index contributed by atoms with van der Waals surface area (Å²) in [4.78, 5) is 10.1. The molecule has 4 nitrogen and oxygen atoms in total. The summed E-state index contributed by atoms with van der Waals surface area (Å²) in [5.74, 6) is -0.451. The van der Waals surface area contributed by atoms with Gasteiger partial charge in [-0.05, 0) is 42.5 Å². The highest BCUT2D eigenvalue weighted by atomic mass is 35.5. The lowest BCUT2D eigenvalue weighted by molar-refractivity contribution is -0.137. The second-order valence-corrected chi connectivity index (χ2v) is 8.43. The van der Waals surface area contributed by atoms with Crippen molar-refractivity contribution in [2.24, 2.45) is 4.99 Å². The first kappa shape index (κ1) is 22.5. The number of halogens is 5. The second-order valence-electron chi connectivity index (χ2n) is 7.99. The average Bonchev–Trinajstić information content (AvgIpc) is 2.83. The number of guanidine groups is 1. The minimum atomic E-state index is -4.60. The van der Waals surface area contributed by atoms with Crippen LogP contribution in [-0.2, 0) is 6.18 Å². The SMILES string of the molecule is Fc1ccc(C(F)(F)F)cc1N1[C]c2ccccc2N=C1N1CCN(c2cccc(Cl)c2)CC1. The molecule has 0 unspecified atom stereocenters. The number of para-hydroxylation sites is 1. The molecule has 2 heterocycles. The number of anilines is 2. The van der Waals surface area contributed by atoms with Gasteiger partial charge in [-0.1, -0.05) is 35.9 Å². The van der Waals surface area contributed by atoms with Crippen molar-refractivity contribution in [1.82, 2.24) is 4.90 Å². The van der Waals surface area contributed by atoms with Gasteiger partial charge in [0.05, 0.1) is 16.9 Å². The molecule has 0 bridgehead atoms. The van der Waals surface area contributed by atoms with Gasteiger partial charge in [0.2, 0.25) is 5.96 Å². The first-order valence-corrected chi connectivity index (χ1v) is 11.0. The zero-order valence-electron chi connectivity index (χ0n) is 17.9. The largest absolute Gasteiger partial charge is 0.416 e. The third-order valence-corrected chi connectivity index (χ3v) is 6.04. The lowest BCUT2D eigenvalue weighted by atomic mass is 10.1. The molecule has 174 valence electrons. The van der Waals surface area contributed by atoms with Gasteiger partial charge in [0, 0.05) is 42.5 Å². The van der Waals surface area contributed by atoms with Crippen LogP contribution < -0.4 is 9.80 Å². The minimum Gasteiger partial charge on any atom is -0.368 e. The number of hydrogen-bond acceptors (Lipinski definition) is 4. The van der Waals surface area contributed by atoms with Crippen LogP contribution in [0.5, 0.6) is 0 Å². The van der Waals surface area contributed by atoms with Crippen LogP contribution >= 0.6 is 11.6 Å².